The molecule has 0 aromatic heterocycles. The van der Waals surface area contributed by atoms with Gasteiger partial charge in [0.05, 0.1) is 16.1 Å². The Morgan fingerprint density at radius 3 is 2.30 bits per heavy atom. The van der Waals surface area contributed by atoms with E-state index in [0.29, 0.717) is 22.2 Å². The third kappa shape index (κ3) is 5.88. The molecule has 1 aliphatic heterocycles. The van der Waals surface area contributed by atoms with Crippen LogP contribution in [0.25, 0.3) is 0 Å². The molecular weight excluding hydrogens is 423 g/mol. The first-order chi connectivity index (χ1) is 14.3. The van der Waals surface area contributed by atoms with Gasteiger partial charge in [-0.3, -0.25) is 4.79 Å². The summed E-state index contributed by atoms with van der Waals surface area (Å²) in [4.78, 5) is 28.9. The summed E-state index contributed by atoms with van der Waals surface area (Å²) in [5.41, 5.74) is 2.45. The summed E-state index contributed by atoms with van der Waals surface area (Å²) in [5, 5.41) is 6.64. The van der Waals surface area contributed by atoms with Crippen LogP contribution in [-0.2, 0) is 6.54 Å². The minimum Gasteiger partial charge on any atom is -0.336 e. The second-order valence-corrected chi connectivity index (χ2v) is 8.33. The molecule has 1 fully saturated rings. The van der Waals surface area contributed by atoms with E-state index in [1.165, 1.54) is 0 Å². The van der Waals surface area contributed by atoms with Gasteiger partial charge >= 0.3 is 6.03 Å². The topological polar surface area (TPSA) is 64.7 Å². The lowest BCUT2D eigenvalue weighted by Gasteiger charge is -2.32. The van der Waals surface area contributed by atoms with Gasteiger partial charge in [-0.15, -0.1) is 0 Å². The third-order valence-corrected chi connectivity index (χ3v) is 5.97. The second kappa shape index (κ2) is 10.2. The smallest absolute Gasteiger partial charge is 0.315 e. The van der Waals surface area contributed by atoms with Gasteiger partial charge in [0.25, 0.3) is 5.91 Å². The molecule has 2 aromatic rings. The Labute approximate surface area is 187 Å². The zero-order chi connectivity index (χ0) is 21.7. The number of hydrogen-bond donors (Lipinski definition) is 2. The van der Waals surface area contributed by atoms with E-state index in [-0.39, 0.29) is 18.0 Å². The number of nitrogens with zero attached hydrogens (tertiary/aromatic N) is 2. The lowest BCUT2D eigenvalue weighted by Crippen LogP contribution is -2.47. The first-order valence-electron chi connectivity index (χ1n) is 9.89. The van der Waals surface area contributed by atoms with Gasteiger partial charge in [0.2, 0.25) is 0 Å². The Kier molecular flexibility index (Phi) is 7.58. The van der Waals surface area contributed by atoms with Gasteiger partial charge in [-0.2, -0.15) is 0 Å². The molecule has 0 unspecified atom stereocenters. The van der Waals surface area contributed by atoms with E-state index in [1.807, 2.05) is 42.2 Å². The minimum atomic E-state index is -0.286. The van der Waals surface area contributed by atoms with Gasteiger partial charge in [-0.25, -0.2) is 4.79 Å². The number of amides is 3. The normalized spacial score (nSPS) is 15.5. The molecule has 3 rings (SSSR count). The summed E-state index contributed by atoms with van der Waals surface area (Å²) in [6.07, 6.45) is 0. The summed E-state index contributed by atoms with van der Waals surface area (Å²) in [7, 11) is 2.06. The van der Waals surface area contributed by atoms with E-state index >= 15 is 0 Å². The number of carbonyl (C=O) groups excluding carboxylic acids is 2. The van der Waals surface area contributed by atoms with E-state index in [9.17, 15) is 9.59 Å². The van der Waals surface area contributed by atoms with Crippen LogP contribution in [0.4, 0.5) is 4.79 Å². The van der Waals surface area contributed by atoms with Crippen molar-refractivity contribution < 1.29 is 9.59 Å². The molecule has 0 aliphatic carbocycles. The van der Waals surface area contributed by atoms with Crippen molar-refractivity contribution in [3.63, 3.8) is 0 Å². The number of piperazine rings is 1. The summed E-state index contributed by atoms with van der Waals surface area (Å²) in [6, 6.07) is 12.1. The summed E-state index contributed by atoms with van der Waals surface area (Å²) in [5.74, 6) is 0.0517. The monoisotopic (exact) mass is 448 g/mol. The van der Waals surface area contributed by atoms with Gasteiger partial charge in [-0.05, 0) is 49.4 Å². The van der Waals surface area contributed by atoms with Crippen molar-refractivity contribution in [2.75, 3.05) is 33.2 Å². The van der Waals surface area contributed by atoms with Crippen molar-refractivity contribution >= 4 is 35.1 Å². The fraction of sp³-hybridized carbons (Fsp3) is 0.364. The van der Waals surface area contributed by atoms with Crippen molar-refractivity contribution in [3.05, 3.63) is 69.2 Å². The molecule has 1 aliphatic rings. The second-order valence-electron chi connectivity index (χ2n) is 7.51. The van der Waals surface area contributed by atoms with Gasteiger partial charge in [-0.1, -0.05) is 41.4 Å². The number of rotatable bonds is 5. The van der Waals surface area contributed by atoms with Crippen LogP contribution in [0.5, 0.6) is 0 Å². The van der Waals surface area contributed by atoms with Crippen molar-refractivity contribution in [2.45, 2.75) is 19.5 Å². The molecule has 0 saturated carbocycles. The first-order valence-corrected chi connectivity index (χ1v) is 10.6. The first kappa shape index (κ1) is 22.4. The lowest BCUT2D eigenvalue weighted by molar-refractivity contribution is 0.0664. The highest BCUT2D eigenvalue weighted by atomic mass is 35.5. The molecule has 3 amide bonds. The predicted molar refractivity (Wildman–Crippen MR) is 120 cm³/mol. The van der Waals surface area contributed by atoms with E-state index in [4.69, 9.17) is 23.2 Å². The van der Waals surface area contributed by atoms with E-state index in [0.717, 1.165) is 37.3 Å². The van der Waals surface area contributed by atoms with Gasteiger partial charge in [0, 0.05) is 38.3 Å². The van der Waals surface area contributed by atoms with Crippen molar-refractivity contribution in [1.82, 2.24) is 20.4 Å². The van der Waals surface area contributed by atoms with Crippen LogP contribution >= 0.6 is 23.2 Å². The highest BCUT2D eigenvalue weighted by Gasteiger charge is 2.20. The average molecular weight is 449 g/mol. The molecule has 8 heteroatoms. The Hall–Kier alpha value is -2.28. The molecule has 0 radical (unpaired) electrons. The van der Waals surface area contributed by atoms with Crippen molar-refractivity contribution in [3.8, 4) is 0 Å². The number of likely N-dealkylation sites (N-methyl/N-ethyl adjacent to an activating group) is 1. The van der Waals surface area contributed by atoms with E-state index in [2.05, 4.69) is 22.6 Å². The summed E-state index contributed by atoms with van der Waals surface area (Å²) in [6.45, 7) is 5.51. The number of urea groups is 1. The highest BCUT2D eigenvalue weighted by Crippen LogP contribution is 2.25. The molecule has 0 spiro atoms. The van der Waals surface area contributed by atoms with Gasteiger partial charge < -0.3 is 20.4 Å². The lowest BCUT2D eigenvalue weighted by atomic mass is 10.1. The maximum absolute atomic E-state index is 12.6. The van der Waals surface area contributed by atoms with Gasteiger partial charge in [0.1, 0.15) is 0 Å². The van der Waals surface area contributed by atoms with Crippen LogP contribution < -0.4 is 10.6 Å². The minimum absolute atomic E-state index is 0.0517. The van der Waals surface area contributed by atoms with Crippen LogP contribution in [0.2, 0.25) is 10.0 Å². The summed E-state index contributed by atoms with van der Waals surface area (Å²) >= 11 is 12.0. The maximum atomic E-state index is 12.6. The van der Waals surface area contributed by atoms with Crippen LogP contribution in [0.3, 0.4) is 0 Å². The van der Waals surface area contributed by atoms with Crippen LogP contribution in [0, 0.1) is 0 Å². The predicted octanol–water partition coefficient (Wildman–Crippen LogP) is 3.94. The number of hydrogen-bond acceptors (Lipinski definition) is 3. The van der Waals surface area contributed by atoms with Crippen molar-refractivity contribution in [1.29, 1.82) is 0 Å². The zero-order valence-electron chi connectivity index (χ0n) is 17.1. The Morgan fingerprint density at radius 1 is 1.00 bits per heavy atom. The molecule has 2 aromatic carbocycles. The number of nitrogens with one attached hydrogen (secondary N) is 2. The van der Waals surface area contributed by atoms with E-state index in [1.54, 1.807) is 12.1 Å². The van der Waals surface area contributed by atoms with Gasteiger partial charge in [0.15, 0.2) is 0 Å². The third-order valence-electron chi connectivity index (χ3n) is 5.24. The van der Waals surface area contributed by atoms with Crippen LogP contribution in [0.1, 0.15) is 34.5 Å². The molecule has 1 heterocycles. The van der Waals surface area contributed by atoms with Crippen molar-refractivity contribution in [2.24, 2.45) is 0 Å². The van der Waals surface area contributed by atoms with Crippen LogP contribution in [0.15, 0.2) is 42.5 Å². The number of benzene rings is 2. The molecule has 2 N–H and O–H groups in total. The highest BCUT2D eigenvalue weighted by molar-refractivity contribution is 6.42. The molecule has 1 atom stereocenters. The maximum Gasteiger partial charge on any atom is 0.315 e. The molecule has 6 nitrogen and oxygen atoms in total. The molecule has 0 bridgehead atoms. The number of halogens is 2. The molecule has 30 heavy (non-hydrogen) atoms. The zero-order valence-corrected chi connectivity index (χ0v) is 18.6. The Balaban J connectivity index is 1.49. The Morgan fingerprint density at radius 2 is 1.67 bits per heavy atom. The molecular formula is C22H26Cl2N4O2. The SMILES string of the molecule is C[C@H](NC(=O)NCc1ccc(C(=O)N2CCN(C)CC2)cc1)c1ccc(Cl)c(Cl)c1. The summed E-state index contributed by atoms with van der Waals surface area (Å²) < 4.78 is 0. The number of carbonyl (C=O) groups is 2. The fourth-order valence-corrected chi connectivity index (χ4v) is 3.56. The standard InChI is InChI=1S/C22H26Cl2N4O2/c1-15(18-7-8-19(23)20(24)13-18)26-22(30)25-14-16-3-5-17(6-4-16)21(29)28-11-9-27(2)10-12-28/h3-8,13,15H,9-12,14H2,1-2H3,(H2,25,26,30)/t15-/m0/s1. The molecule has 160 valence electrons. The van der Waals surface area contributed by atoms with E-state index < -0.39 is 0 Å². The average Bonchev–Trinajstić information content (AvgIpc) is 2.74. The Bertz CT molecular complexity index is 897. The quantitative estimate of drug-likeness (QED) is 0.727. The fourth-order valence-electron chi connectivity index (χ4n) is 3.25. The van der Waals surface area contributed by atoms with Crippen LogP contribution in [-0.4, -0.2) is 55.0 Å². The molecule has 1 saturated heterocycles. The largest absolute Gasteiger partial charge is 0.336 e.